The van der Waals surface area contributed by atoms with Gasteiger partial charge in [-0.3, -0.25) is 9.35 Å². The highest BCUT2D eigenvalue weighted by molar-refractivity contribution is 9.10. The zero-order chi connectivity index (χ0) is 24.5. The van der Waals surface area contributed by atoms with Crippen molar-refractivity contribution in [2.75, 3.05) is 9.62 Å². The number of para-hydroxylation sites is 1. The van der Waals surface area contributed by atoms with Gasteiger partial charge in [0.15, 0.2) is 5.58 Å². The van der Waals surface area contributed by atoms with Gasteiger partial charge in [0.25, 0.3) is 17.2 Å². The number of nitrogens with zero attached hydrogens (tertiary/aromatic N) is 2. The van der Waals surface area contributed by atoms with Crippen LogP contribution in [0.3, 0.4) is 0 Å². The summed E-state index contributed by atoms with van der Waals surface area (Å²) in [5.74, 6) is -0.353. The number of rotatable bonds is 5. The van der Waals surface area contributed by atoms with Crippen LogP contribution in [0.1, 0.15) is 10.4 Å². The predicted molar refractivity (Wildman–Crippen MR) is 139 cm³/mol. The number of anilines is 3. The molecule has 0 aliphatic heterocycles. The molecule has 0 bridgehead atoms. The monoisotopic (exact) mass is 549 g/mol. The Hall–Kier alpha value is -3.86. The van der Waals surface area contributed by atoms with Crippen molar-refractivity contribution in [2.24, 2.45) is 0 Å². The summed E-state index contributed by atoms with van der Waals surface area (Å²) in [4.78, 5) is 29.0. The highest BCUT2D eigenvalue weighted by Gasteiger charge is 2.20. The van der Waals surface area contributed by atoms with E-state index in [1.807, 2.05) is 24.3 Å². The predicted octanol–water partition coefficient (Wildman–Crippen LogP) is 5.63. The molecular weight excluding hydrogens is 534 g/mol. The fraction of sp³-hybridized carbons (Fsp3) is 0. The smallest absolute Gasteiger partial charge is 0.336 e. The number of halogens is 1. The third-order valence-corrected chi connectivity index (χ3v) is 6.49. The SMILES string of the molecule is O=C(Nc1ccnc(N(c2cccc3ccc(Br)cc23)S(=O)O)c1)c1cccc2ccc(=O)oc12. The lowest BCUT2D eigenvalue weighted by Crippen LogP contribution is -2.21. The van der Waals surface area contributed by atoms with Gasteiger partial charge in [-0.2, -0.15) is 0 Å². The van der Waals surface area contributed by atoms with Crippen molar-refractivity contribution < 1.29 is 18.0 Å². The van der Waals surface area contributed by atoms with E-state index in [9.17, 15) is 18.4 Å². The number of nitrogens with one attached hydrogen (secondary N) is 1. The molecule has 5 aromatic rings. The summed E-state index contributed by atoms with van der Waals surface area (Å²) in [6, 6.07) is 21.9. The number of benzene rings is 3. The van der Waals surface area contributed by atoms with Crippen molar-refractivity contribution in [3.63, 3.8) is 0 Å². The zero-order valence-corrected chi connectivity index (χ0v) is 20.2. The van der Waals surface area contributed by atoms with Crippen LogP contribution in [0.25, 0.3) is 21.7 Å². The van der Waals surface area contributed by atoms with Gasteiger partial charge in [-0.1, -0.05) is 46.3 Å². The maximum atomic E-state index is 13.0. The van der Waals surface area contributed by atoms with E-state index in [4.69, 9.17) is 4.42 Å². The van der Waals surface area contributed by atoms with Crippen LogP contribution in [0.15, 0.2) is 98.7 Å². The molecular formula is C25H16BrN3O5S. The summed E-state index contributed by atoms with van der Waals surface area (Å²) in [6.45, 7) is 0. The van der Waals surface area contributed by atoms with Gasteiger partial charge in [-0.15, -0.1) is 0 Å². The Morgan fingerprint density at radius 1 is 1.00 bits per heavy atom. The van der Waals surface area contributed by atoms with Gasteiger partial charge in [0.2, 0.25) is 0 Å². The van der Waals surface area contributed by atoms with Gasteiger partial charge >= 0.3 is 5.63 Å². The summed E-state index contributed by atoms with van der Waals surface area (Å²) in [5.41, 5.74) is 0.599. The van der Waals surface area contributed by atoms with Crippen LogP contribution < -0.4 is 15.2 Å². The average Bonchev–Trinajstić information content (AvgIpc) is 2.84. The topological polar surface area (TPSA) is 113 Å². The van der Waals surface area contributed by atoms with Gasteiger partial charge in [0.1, 0.15) is 5.82 Å². The van der Waals surface area contributed by atoms with Gasteiger partial charge in [-0.05, 0) is 41.8 Å². The van der Waals surface area contributed by atoms with Gasteiger partial charge in [0.05, 0.1) is 11.3 Å². The summed E-state index contributed by atoms with van der Waals surface area (Å²) in [7, 11) is 0. The summed E-state index contributed by atoms with van der Waals surface area (Å²) >= 11 is 0.991. The van der Waals surface area contributed by atoms with Crippen molar-refractivity contribution in [1.82, 2.24) is 4.98 Å². The molecule has 2 aromatic heterocycles. The number of fused-ring (bicyclic) bond motifs is 2. The molecule has 5 rings (SSSR count). The lowest BCUT2D eigenvalue weighted by atomic mass is 10.1. The summed E-state index contributed by atoms with van der Waals surface area (Å²) < 4.78 is 29.8. The normalized spacial score (nSPS) is 11.9. The minimum atomic E-state index is -2.45. The van der Waals surface area contributed by atoms with E-state index in [0.29, 0.717) is 16.8 Å². The molecule has 3 aromatic carbocycles. The van der Waals surface area contributed by atoms with Crippen LogP contribution >= 0.6 is 15.9 Å². The molecule has 0 saturated heterocycles. The van der Waals surface area contributed by atoms with Crippen LogP contribution in [0, 0.1) is 0 Å². The molecule has 0 radical (unpaired) electrons. The van der Waals surface area contributed by atoms with Crippen LogP contribution in [-0.2, 0) is 11.3 Å². The number of hydrogen-bond donors (Lipinski definition) is 2. The minimum Gasteiger partial charge on any atom is -0.422 e. The quantitative estimate of drug-likeness (QED) is 0.217. The number of amides is 1. The molecule has 8 nitrogen and oxygen atoms in total. The molecule has 1 atom stereocenters. The second-order valence-electron chi connectivity index (χ2n) is 7.50. The second-order valence-corrected chi connectivity index (χ2v) is 9.25. The Bertz CT molecular complexity index is 1690. The maximum absolute atomic E-state index is 13.0. The fourth-order valence-corrected chi connectivity index (χ4v) is 4.72. The van der Waals surface area contributed by atoms with E-state index < -0.39 is 22.8 Å². The Kier molecular flexibility index (Phi) is 6.16. The molecule has 0 aliphatic carbocycles. The van der Waals surface area contributed by atoms with Crippen molar-refractivity contribution in [2.45, 2.75) is 0 Å². The standard InChI is InChI=1S/C25H16BrN3O5S/c26-17-9-7-15-3-2-6-21(20(15)13-17)29(35(32)33)22-14-18(11-12-27-22)28-25(31)19-5-1-4-16-8-10-23(30)34-24(16)19/h1-14H,(H,32,33)(H,27,28,31). The molecule has 35 heavy (non-hydrogen) atoms. The molecule has 0 aliphatic rings. The van der Waals surface area contributed by atoms with Crippen LogP contribution in [-0.4, -0.2) is 19.7 Å². The average molecular weight is 550 g/mol. The van der Waals surface area contributed by atoms with E-state index >= 15 is 0 Å². The van der Waals surface area contributed by atoms with E-state index in [1.54, 1.807) is 42.5 Å². The zero-order valence-electron chi connectivity index (χ0n) is 17.8. The van der Waals surface area contributed by atoms with Crippen LogP contribution in [0.5, 0.6) is 0 Å². The van der Waals surface area contributed by atoms with Gasteiger partial charge in [0, 0.05) is 39.3 Å². The Morgan fingerprint density at radius 3 is 2.60 bits per heavy atom. The van der Waals surface area contributed by atoms with Crippen molar-refractivity contribution in [3.8, 4) is 0 Å². The van der Waals surface area contributed by atoms with Crippen molar-refractivity contribution in [1.29, 1.82) is 0 Å². The third-order valence-electron chi connectivity index (χ3n) is 5.30. The first-order valence-corrected chi connectivity index (χ1v) is 12.2. The molecule has 2 heterocycles. The third kappa shape index (κ3) is 4.59. The van der Waals surface area contributed by atoms with Crippen LogP contribution in [0.4, 0.5) is 17.2 Å². The lowest BCUT2D eigenvalue weighted by molar-refractivity contribution is 0.102. The minimum absolute atomic E-state index is 0.153. The number of carbonyl (C=O) groups is 1. The summed E-state index contributed by atoms with van der Waals surface area (Å²) in [6.07, 6.45) is 1.43. The van der Waals surface area contributed by atoms with E-state index in [0.717, 1.165) is 15.2 Å². The number of pyridine rings is 1. The molecule has 1 unspecified atom stereocenters. The highest BCUT2D eigenvalue weighted by Crippen LogP contribution is 2.34. The molecule has 0 saturated carbocycles. The molecule has 2 N–H and O–H groups in total. The van der Waals surface area contributed by atoms with Crippen molar-refractivity contribution >= 4 is 72.0 Å². The number of aromatic nitrogens is 1. The first-order valence-electron chi connectivity index (χ1n) is 10.3. The second kappa shape index (κ2) is 9.41. The molecule has 0 fully saturated rings. The van der Waals surface area contributed by atoms with Crippen LogP contribution in [0.2, 0.25) is 0 Å². The van der Waals surface area contributed by atoms with Gasteiger partial charge < -0.3 is 9.73 Å². The number of carbonyl (C=O) groups excluding carboxylic acids is 1. The van der Waals surface area contributed by atoms with E-state index in [1.165, 1.54) is 22.6 Å². The summed E-state index contributed by atoms with van der Waals surface area (Å²) in [5, 5.41) is 4.97. The number of hydrogen-bond acceptors (Lipinski definition) is 5. The Balaban J connectivity index is 1.53. The first-order chi connectivity index (χ1) is 16.9. The van der Waals surface area contributed by atoms with Crippen molar-refractivity contribution in [3.05, 3.63) is 106 Å². The van der Waals surface area contributed by atoms with Gasteiger partial charge in [-0.25, -0.2) is 18.3 Å². The fourth-order valence-electron chi connectivity index (χ4n) is 3.77. The maximum Gasteiger partial charge on any atom is 0.336 e. The lowest BCUT2D eigenvalue weighted by Gasteiger charge is -2.21. The molecule has 10 heteroatoms. The highest BCUT2D eigenvalue weighted by atomic mass is 79.9. The molecule has 174 valence electrons. The largest absolute Gasteiger partial charge is 0.422 e. The van der Waals surface area contributed by atoms with E-state index in [2.05, 4.69) is 26.2 Å². The first kappa shape index (κ1) is 22.9. The Labute approximate surface area is 209 Å². The molecule has 0 spiro atoms. The van der Waals surface area contributed by atoms with E-state index in [-0.39, 0.29) is 17.0 Å². The Morgan fingerprint density at radius 2 is 1.77 bits per heavy atom. The molecule has 1 amide bonds.